The standard InChI is InChI=1S/C18H17F2NO2/c19-18(20,23)11-12-1-3-13(4-2-12)14-5-7-15(8-6-14)17(9-10-17)16(21)22/h1-8,23H,9-11H2,(H2,21,22). The number of primary amides is 1. The maximum Gasteiger partial charge on any atom is 0.357 e. The van der Waals surface area contributed by atoms with Gasteiger partial charge in [0, 0.05) is 0 Å². The minimum atomic E-state index is -3.70. The number of hydrogen-bond acceptors (Lipinski definition) is 2. The smallest absolute Gasteiger partial charge is 0.357 e. The number of carbonyl (C=O) groups excluding carboxylic acids is 1. The van der Waals surface area contributed by atoms with Gasteiger partial charge in [0.2, 0.25) is 5.91 Å². The molecule has 1 fully saturated rings. The monoisotopic (exact) mass is 317 g/mol. The van der Waals surface area contributed by atoms with Crippen LogP contribution in [-0.2, 0) is 16.6 Å². The summed E-state index contributed by atoms with van der Waals surface area (Å²) >= 11 is 0. The average molecular weight is 317 g/mol. The summed E-state index contributed by atoms with van der Waals surface area (Å²) in [4.78, 5) is 11.5. The summed E-state index contributed by atoms with van der Waals surface area (Å²) in [5, 5.41) is 8.54. The minimum Gasteiger partial charge on any atom is -0.369 e. The Morgan fingerprint density at radius 1 is 1.04 bits per heavy atom. The minimum absolute atomic E-state index is 0.292. The van der Waals surface area contributed by atoms with Gasteiger partial charge in [-0.15, -0.1) is 0 Å². The zero-order valence-electron chi connectivity index (χ0n) is 12.4. The second-order valence-corrected chi connectivity index (χ2v) is 6.06. The lowest BCUT2D eigenvalue weighted by Crippen LogP contribution is -2.28. The first-order valence-corrected chi connectivity index (χ1v) is 7.40. The van der Waals surface area contributed by atoms with Crippen molar-refractivity contribution in [2.45, 2.75) is 30.8 Å². The maximum atomic E-state index is 12.6. The SMILES string of the molecule is NC(=O)C1(c2ccc(-c3ccc(CC(O)(F)F)cc3)cc2)CC1. The van der Waals surface area contributed by atoms with E-state index in [9.17, 15) is 13.6 Å². The number of alkyl halides is 2. The highest BCUT2D eigenvalue weighted by Gasteiger charge is 2.49. The number of carbonyl (C=O) groups is 1. The van der Waals surface area contributed by atoms with Gasteiger partial charge in [0.15, 0.2) is 0 Å². The van der Waals surface area contributed by atoms with Gasteiger partial charge in [0.1, 0.15) is 0 Å². The Kier molecular flexibility index (Phi) is 3.68. The van der Waals surface area contributed by atoms with Gasteiger partial charge in [0.25, 0.3) is 0 Å². The van der Waals surface area contributed by atoms with E-state index in [2.05, 4.69) is 0 Å². The number of nitrogens with two attached hydrogens (primary N) is 1. The van der Waals surface area contributed by atoms with E-state index >= 15 is 0 Å². The maximum absolute atomic E-state index is 12.6. The number of amides is 1. The topological polar surface area (TPSA) is 63.3 Å². The molecule has 3 nitrogen and oxygen atoms in total. The molecule has 5 heteroatoms. The molecule has 0 aromatic heterocycles. The van der Waals surface area contributed by atoms with Gasteiger partial charge in [0.05, 0.1) is 11.8 Å². The molecule has 0 unspecified atom stereocenters. The second-order valence-electron chi connectivity index (χ2n) is 6.06. The third-order valence-electron chi connectivity index (χ3n) is 4.36. The van der Waals surface area contributed by atoms with E-state index in [4.69, 9.17) is 10.8 Å². The molecule has 2 aromatic carbocycles. The number of benzene rings is 2. The van der Waals surface area contributed by atoms with E-state index in [-0.39, 0.29) is 5.91 Å². The fourth-order valence-electron chi connectivity index (χ4n) is 2.84. The molecule has 0 atom stereocenters. The molecule has 1 saturated carbocycles. The van der Waals surface area contributed by atoms with Crippen molar-refractivity contribution >= 4 is 5.91 Å². The molecule has 3 N–H and O–H groups in total. The van der Waals surface area contributed by atoms with Gasteiger partial charge in [-0.25, -0.2) is 0 Å². The van der Waals surface area contributed by atoms with Crippen molar-refractivity contribution in [2.24, 2.45) is 5.73 Å². The van der Waals surface area contributed by atoms with E-state index in [1.807, 2.05) is 24.3 Å². The van der Waals surface area contributed by atoms with Crippen molar-refractivity contribution in [1.29, 1.82) is 0 Å². The zero-order chi connectivity index (χ0) is 16.7. The molecule has 1 aliphatic rings. The van der Waals surface area contributed by atoms with Crippen LogP contribution >= 0.6 is 0 Å². The number of hydrogen-bond donors (Lipinski definition) is 2. The highest BCUT2D eigenvalue weighted by molar-refractivity contribution is 5.90. The first-order valence-electron chi connectivity index (χ1n) is 7.40. The Bertz CT molecular complexity index is 714. The predicted molar refractivity (Wildman–Crippen MR) is 82.9 cm³/mol. The highest BCUT2D eigenvalue weighted by atomic mass is 19.3. The summed E-state index contributed by atoms with van der Waals surface area (Å²) in [6.45, 7) is 0. The molecule has 120 valence electrons. The molecule has 0 spiro atoms. The molecule has 1 aliphatic carbocycles. The third-order valence-corrected chi connectivity index (χ3v) is 4.36. The molecule has 0 saturated heterocycles. The lowest BCUT2D eigenvalue weighted by molar-refractivity contribution is -0.196. The first-order chi connectivity index (χ1) is 10.8. The molecule has 0 radical (unpaired) electrons. The van der Waals surface area contributed by atoms with Gasteiger partial charge < -0.3 is 10.8 Å². The molecular weight excluding hydrogens is 300 g/mol. The summed E-state index contributed by atoms with van der Waals surface area (Å²) in [7, 11) is 0. The van der Waals surface area contributed by atoms with Crippen LogP contribution in [0.1, 0.15) is 24.0 Å². The molecule has 0 aliphatic heterocycles. The largest absolute Gasteiger partial charge is 0.369 e. The van der Waals surface area contributed by atoms with Crippen LogP contribution in [0.15, 0.2) is 48.5 Å². The number of rotatable bonds is 5. The molecule has 0 bridgehead atoms. The van der Waals surface area contributed by atoms with Crippen molar-refractivity contribution in [3.63, 3.8) is 0 Å². The normalized spacial score (nSPS) is 16.1. The Labute approximate surface area is 132 Å². The van der Waals surface area contributed by atoms with Gasteiger partial charge in [-0.3, -0.25) is 4.79 Å². The van der Waals surface area contributed by atoms with Crippen LogP contribution in [0.4, 0.5) is 8.78 Å². The molecule has 23 heavy (non-hydrogen) atoms. The Balaban J connectivity index is 1.79. The average Bonchev–Trinajstić information content (AvgIpc) is 3.28. The van der Waals surface area contributed by atoms with E-state index in [0.717, 1.165) is 29.5 Å². The molecular formula is C18H17F2NO2. The molecule has 1 amide bonds. The fourth-order valence-corrected chi connectivity index (χ4v) is 2.84. The van der Waals surface area contributed by atoms with Crippen LogP contribution in [0.2, 0.25) is 0 Å². The first kappa shape index (κ1) is 15.6. The van der Waals surface area contributed by atoms with Crippen LogP contribution in [-0.4, -0.2) is 17.1 Å². The lowest BCUT2D eigenvalue weighted by atomic mass is 9.93. The van der Waals surface area contributed by atoms with Crippen LogP contribution < -0.4 is 5.73 Å². The van der Waals surface area contributed by atoms with Crippen molar-refractivity contribution in [3.8, 4) is 11.1 Å². The lowest BCUT2D eigenvalue weighted by Gasteiger charge is -2.12. The molecule has 2 aromatic rings. The van der Waals surface area contributed by atoms with Crippen LogP contribution in [0.25, 0.3) is 11.1 Å². The van der Waals surface area contributed by atoms with Gasteiger partial charge in [-0.05, 0) is 35.1 Å². The number of halogens is 2. The van der Waals surface area contributed by atoms with E-state index in [0.29, 0.717) is 5.56 Å². The van der Waals surface area contributed by atoms with Crippen LogP contribution in [0.5, 0.6) is 0 Å². The Morgan fingerprint density at radius 2 is 1.52 bits per heavy atom. The molecule has 0 heterocycles. The van der Waals surface area contributed by atoms with Crippen molar-refractivity contribution in [2.75, 3.05) is 0 Å². The summed E-state index contributed by atoms with van der Waals surface area (Å²) in [6.07, 6.45) is -2.83. The number of aliphatic hydroxyl groups is 1. The summed E-state index contributed by atoms with van der Waals surface area (Å²) in [6, 6.07) is 14.2. The van der Waals surface area contributed by atoms with Crippen molar-refractivity contribution in [3.05, 3.63) is 59.7 Å². The van der Waals surface area contributed by atoms with Gasteiger partial charge in [-0.2, -0.15) is 8.78 Å². The zero-order valence-corrected chi connectivity index (χ0v) is 12.4. The quantitative estimate of drug-likeness (QED) is 0.890. The highest BCUT2D eigenvalue weighted by Crippen LogP contribution is 2.48. The van der Waals surface area contributed by atoms with E-state index < -0.39 is 17.9 Å². The summed E-state index contributed by atoms with van der Waals surface area (Å²) < 4.78 is 25.2. The van der Waals surface area contributed by atoms with E-state index in [1.165, 1.54) is 0 Å². The summed E-state index contributed by atoms with van der Waals surface area (Å²) in [5.41, 5.74) is 8.05. The van der Waals surface area contributed by atoms with Crippen molar-refractivity contribution < 1.29 is 18.7 Å². The summed E-state index contributed by atoms with van der Waals surface area (Å²) in [5.74, 6) is -0.292. The Morgan fingerprint density at radius 3 is 1.91 bits per heavy atom. The van der Waals surface area contributed by atoms with Gasteiger partial charge >= 0.3 is 6.11 Å². The van der Waals surface area contributed by atoms with Crippen molar-refractivity contribution in [1.82, 2.24) is 0 Å². The third kappa shape index (κ3) is 3.24. The van der Waals surface area contributed by atoms with E-state index in [1.54, 1.807) is 24.3 Å². The van der Waals surface area contributed by atoms with Crippen LogP contribution in [0, 0.1) is 0 Å². The fraction of sp³-hybridized carbons (Fsp3) is 0.278. The molecule has 3 rings (SSSR count). The predicted octanol–water partition coefficient (Wildman–Crippen LogP) is 3.00. The van der Waals surface area contributed by atoms with Gasteiger partial charge in [-0.1, -0.05) is 48.5 Å². The second kappa shape index (κ2) is 5.42. The Hall–Kier alpha value is -2.27. The van der Waals surface area contributed by atoms with Crippen LogP contribution in [0.3, 0.4) is 0 Å².